The van der Waals surface area contributed by atoms with Gasteiger partial charge in [-0.15, -0.1) is 0 Å². The van der Waals surface area contributed by atoms with E-state index in [1.807, 2.05) is 0 Å². The molecule has 0 spiro atoms. The molecule has 0 bridgehead atoms. The van der Waals surface area contributed by atoms with E-state index in [1.54, 1.807) is 0 Å². The Morgan fingerprint density at radius 1 is 1.27 bits per heavy atom. The first-order valence-electron chi connectivity index (χ1n) is 3.82. The van der Waals surface area contributed by atoms with Gasteiger partial charge in [0.25, 0.3) is 0 Å². The zero-order chi connectivity index (χ0) is 8.36. The van der Waals surface area contributed by atoms with E-state index in [1.165, 1.54) is 0 Å². The first-order valence-corrected chi connectivity index (χ1v) is 6.60. The largest absolute Gasteiger partial charge is 1.00 e. The topological polar surface area (TPSA) is 9.23 Å². The Labute approximate surface area is 84.8 Å². The van der Waals surface area contributed by atoms with E-state index in [9.17, 15) is 0 Å². The molecule has 0 aliphatic heterocycles. The minimum atomic E-state index is -0.891. The molecule has 0 aliphatic rings. The summed E-state index contributed by atoms with van der Waals surface area (Å²) in [5.41, 5.74) is 0.192. The molecule has 0 fully saturated rings. The third-order valence-corrected chi connectivity index (χ3v) is 2.28. The Morgan fingerprint density at radius 2 is 1.64 bits per heavy atom. The van der Waals surface area contributed by atoms with Crippen molar-refractivity contribution >= 4 is 9.04 Å². The average Bonchev–Trinajstić information content (AvgIpc) is 1.60. The van der Waals surface area contributed by atoms with Crippen LogP contribution in [0.2, 0.25) is 13.1 Å². The molecule has 11 heavy (non-hydrogen) atoms. The normalized spacial score (nSPS) is 14.5. The number of rotatable bonds is 2. The van der Waals surface area contributed by atoms with Crippen molar-refractivity contribution in [2.75, 3.05) is 0 Å². The molecule has 0 N–H and O–H groups in total. The molecule has 0 aliphatic carbocycles. The van der Waals surface area contributed by atoms with E-state index in [4.69, 9.17) is 4.43 Å². The van der Waals surface area contributed by atoms with Crippen molar-refractivity contribution in [1.82, 2.24) is 0 Å². The van der Waals surface area contributed by atoms with Crippen LogP contribution >= 0.6 is 0 Å². The monoisotopic (exact) mass is 166 g/mol. The molecule has 0 saturated heterocycles. The van der Waals surface area contributed by atoms with Gasteiger partial charge in [0.2, 0.25) is 0 Å². The predicted molar refractivity (Wildman–Crippen MR) is 48.6 cm³/mol. The summed E-state index contributed by atoms with van der Waals surface area (Å²) >= 11 is 0. The fourth-order valence-corrected chi connectivity index (χ4v) is 1.60. The van der Waals surface area contributed by atoms with Gasteiger partial charge in [-0.2, -0.15) is 0 Å². The molecule has 62 valence electrons. The predicted octanol–water partition coefficient (Wildman–Crippen LogP) is -0.761. The van der Waals surface area contributed by atoms with Gasteiger partial charge >= 0.3 is 18.9 Å². The van der Waals surface area contributed by atoms with Gasteiger partial charge in [-0.1, -0.05) is 26.9 Å². The quantitative estimate of drug-likeness (QED) is 0.387. The van der Waals surface area contributed by atoms with Crippen molar-refractivity contribution in [2.45, 2.75) is 40.0 Å². The summed E-state index contributed by atoms with van der Waals surface area (Å²) in [4.78, 5) is 0. The molecule has 3 heteroatoms. The van der Waals surface area contributed by atoms with Gasteiger partial charge in [0.15, 0.2) is 9.04 Å². The molecule has 0 aromatic carbocycles. The Balaban J connectivity index is 0. The molecule has 1 unspecified atom stereocenters. The van der Waals surface area contributed by atoms with E-state index in [2.05, 4.69) is 40.8 Å². The third-order valence-electron chi connectivity index (χ3n) is 1.40. The molecule has 0 rings (SSSR count). The van der Waals surface area contributed by atoms with Gasteiger partial charge in [0, 0.05) is 0 Å². The van der Waals surface area contributed by atoms with Gasteiger partial charge in [-0.3, -0.25) is 0 Å². The van der Waals surface area contributed by atoms with Crippen molar-refractivity contribution in [3.05, 3.63) is 6.92 Å². The molecule has 0 aromatic heterocycles. The van der Waals surface area contributed by atoms with Crippen molar-refractivity contribution in [2.24, 2.45) is 5.41 Å². The SMILES string of the molecule is [CH2-]C(O[SiH](C)C)C(C)(C)C.[Li+]. The Bertz CT molecular complexity index is 98.8. The Hall–Kier alpha value is 0.774. The summed E-state index contributed by atoms with van der Waals surface area (Å²) in [6.07, 6.45) is 0.152. The summed E-state index contributed by atoms with van der Waals surface area (Å²) in [6, 6.07) is 0. The Morgan fingerprint density at radius 3 is 1.73 bits per heavy atom. The van der Waals surface area contributed by atoms with Crippen LogP contribution in [0, 0.1) is 12.3 Å². The Kier molecular flexibility index (Phi) is 7.06. The van der Waals surface area contributed by atoms with Crippen LogP contribution in [0.4, 0.5) is 0 Å². The molecular weight excluding hydrogens is 147 g/mol. The number of hydrogen-bond donors (Lipinski definition) is 0. The molecule has 0 aromatic rings. The molecule has 0 radical (unpaired) electrons. The van der Waals surface area contributed by atoms with Crippen molar-refractivity contribution < 1.29 is 23.3 Å². The summed E-state index contributed by atoms with van der Waals surface area (Å²) in [5, 5.41) is 0. The van der Waals surface area contributed by atoms with E-state index in [-0.39, 0.29) is 30.4 Å². The molecule has 0 amide bonds. The second-order valence-corrected chi connectivity index (χ2v) is 6.41. The second-order valence-electron chi connectivity index (χ2n) is 4.04. The zero-order valence-corrected chi connectivity index (χ0v) is 9.92. The first kappa shape index (κ1) is 14.3. The summed E-state index contributed by atoms with van der Waals surface area (Å²) in [6.45, 7) is 14.8. The van der Waals surface area contributed by atoms with Gasteiger partial charge in [0.1, 0.15) is 0 Å². The molecular formula is C8H19LiOSi. The van der Waals surface area contributed by atoms with Gasteiger partial charge in [-0.25, -0.2) is 0 Å². The van der Waals surface area contributed by atoms with Crippen LogP contribution in [0.25, 0.3) is 0 Å². The minimum Gasteiger partial charge on any atom is -0.448 e. The molecule has 0 saturated carbocycles. The zero-order valence-electron chi connectivity index (χ0n) is 8.77. The molecule has 0 heterocycles. The van der Waals surface area contributed by atoms with Crippen LogP contribution in [0.5, 0.6) is 0 Å². The second kappa shape index (κ2) is 5.43. The number of hydrogen-bond acceptors (Lipinski definition) is 1. The molecule has 1 nitrogen and oxygen atoms in total. The van der Waals surface area contributed by atoms with Crippen LogP contribution < -0.4 is 18.9 Å². The van der Waals surface area contributed by atoms with E-state index in [0.29, 0.717) is 0 Å². The van der Waals surface area contributed by atoms with Gasteiger partial charge in [-0.05, 0) is 18.5 Å². The summed E-state index contributed by atoms with van der Waals surface area (Å²) < 4.78 is 5.64. The standard InChI is InChI=1S/C8H19OSi.Li/c1-7(8(2,3)4)9-10(5)6;/h7,10H,1H2,2-6H3;/q-1;+1. The summed E-state index contributed by atoms with van der Waals surface area (Å²) in [7, 11) is -0.891. The van der Waals surface area contributed by atoms with Crippen molar-refractivity contribution in [3.63, 3.8) is 0 Å². The van der Waals surface area contributed by atoms with Crippen molar-refractivity contribution in [3.8, 4) is 0 Å². The smallest absolute Gasteiger partial charge is 0.448 e. The third kappa shape index (κ3) is 7.15. The maximum Gasteiger partial charge on any atom is 1.00 e. The maximum atomic E-state index is 5.64. The maximum absolute atomic E-state index is 5.64. The van der Waals surface area contributed by atoms with E-state index in [0.717, 1.165) is 0 Å². The fourth-order valence-electron chi connectivity index (χ4n) is 0.533. The van der Waals surface area contributed by atoms with Crippen LogP contribution in [0.15, 0.2) is 0 Å². The van der Waals surface area contributed by atoms with Crippen LogP contribution in [-0.4, -0.2) is 15.1 Å². The minimum absolute atomic E-state index is 0. The average molecular weight is 166 g/mol. The van der Waals surface area contributed by atoms with E-state index >= 15 is 0 Å². The van der Waals surface area contributed by atoms with Crippen molar-refractivity contribution in [1.29, 1.82) is 0 Å². The fraction of sp³-hybridized carbons (Fsp3) is 0.875. The first-order chi connectivity index (χ1) is 4.34. The van der Waals surface area contributed by atoms with Gasteiger partial charge < -0.3 is 11.3 Å². The van der Waals surface area contributed by atoms with E-state index < -0.39 is 9.04 Å². The molecule has 1 atom stereocenters. The van der Waals surface area contributed by atoms with Crippen LogP contribution in [-0.2, 0) is 4.43 Å². The van der Waals surface area contributed by atoms with Crippen LogP contribution in [0.3, 0.4) is 0 Å². The van der Waals surface area contributed by atoms with Gasteiger partial charge in [0.05, 0.1) is 0 Å². The summed E-state index contributed by atoms with van der Waals surface area (Å²) in [5.74, 6) is 0. The van der Waals surface area contributed by atoms with Crippen LogP contribution in [0.1, 0.15) is 20.8 Å².